The molecule has 6 nitrogen and oxygen atoms in total. The number of anilines is 1. The Kier molecular flexibility index (Phi) is 4.09. The Balaban J connectivity index is 2.38. The molecule has 0 bridgehead atoms. The average Bonchev–Trinajstić information content (AvgIpc) is 2.84. The number of carbonyl (C=O) groups is 1. The smallest absolute Gasteiger partial charge is 0.311 e. The van der Waals surface area contributed by atoms with E-state index in [2.05, 4.69) is 0 Å². The van der Waals surface area contributed by atoms with Crippen LogP contribution in [0.1, 0.15) is 20.3 Å². The fraction of sp³-hybridized carbons (Fsp3) is 0.500. The lowest BCUT2D eigenvalue weighted by Gasteiger charge is -2.29. The van der Waals surface area contributed by atoms with E-state index >= 15 is 0 Å². The van der Waals surface area contributed by atoms with Gasteiger partial charge in [-0.15, -0.1) is 0 Å². The molecule has 0 radical (unpaired) electrons. The van der Waals surface area contributed by atoms with Crippen LogP contribution in [0, 0.1) is 21.4 Å². The lowest BCUT2D eigenvalue weighted by molar-refractivity contribution is -0.384. The molecule has 1 N–H and O–H groups in total. The van der Waals surface area contributed by atoms with Crippen LogP contribution in [-0.2, 0) is 4.79 Å². The van der Waals surface area contributed by atoms with Gasteiger partial charge in [0.15, 0.2) is 0 Å². The molecule has 1 fully saturated rings. The first-order valence-electron chi connectivity index (χ1n) is 6.70. The molecule has 0 saturated carbocycles. The van der Waals surface area contributed by atoms with E-state index in [0.717, 1.165) is 0 Å². The average molecular weight is 313 g/mol. The maximum atomic E-state index is 11.6. The maximum absolute atomic E-state index is 11.6. The van der Waals surface area contributed by atoms with Crippen LogP contribution in [0.3, 0.4) is 0 Å². The molecule has 1 heterocycles. The summed E-state index contributed by atoms with van der Waals surface area (Å²) in [4.78, 5) is 24.1. The molecule has 0 aromatic heterocycles. The maximum Gasteiger partial charge on any atom is 0.311 e. The molecule has 0 aliphatic carbocycles. The van der Waals surface area contributed by atoms with Crippen LogP contribution in [0.5, 0.6) is 0 Å². The number of hydrogen-bond acceptors (Lipinski definition) is 4. The van der Waals surface area contributed by atoms with Crippen LogP contribution >= 0.6 is 11.6 Å². The minimum Gasteiger partial charge on any atom is -0.481 e. The van der Waals surface area contributed by atoms with E-state index in [-0.39, 0.29) is 23.2 Å². The van der Waals surface area contributed by atoms with Gasteiger partial charge in [0.05, 0.1) is 10.3 Å². The van der Waals surface area contributed by atoms with Gasteiger partial charge in [-0.05, 0) is 24.5 Å². The third-order valence-electron chi connectivity index (χ3n) is 4.31. The topological polar surface area (TPSA) is 83.7 Å². The number of benzene rings is 1. The number of nitro benzene ring substituents is 1. The highest BCUT2D eigenvalue weighted by atomic mass is 35.5. The Morgan fingerprint density at radius 1 is 1.52 bits per heavy atom. The number of hydrogen-bond donors (Lipinski definition) is 1. The first-order chi connectivity index (χ1) is 9.78. The van der Waals surface area contributed by atoms with Crippen molar-refractivity contribution in [3.05, 3.63) is 33.3 Å². The third kappa shape index (κ3) is 2.68. The quantitative estimate of drug-likeness (QED) is 0.682. The van der Waals surface area contributed by atoms with Crippen LogP contribution in [0.25, 0.3) is 0 Å². The monoisotopic (exact) mass is 312 g/mol. The van der Waals surface area contributed by atoms with E-state index in [0.29, 0.717) is 18.7 Å². The lowest BCUT2D eigenvalue weighted by atomic mass is 9.76. The summed E-state index contributed by atoms with van der Waals surface area (Å²) in [7, 11) is 0. The van der Waals surface area contributed by atoms with E-state index in [1.165, 1.54) is 6.07 Å². The fourth-order valence-corrected chi connectivity index (χ4v) is 3.01. The van der Waals surface area contributed by atoms with Crippen LogP contribution in [0.2, 0.25) is 5.02 Å². The van der Waals surface area contributed by atoms with Gasteiger partial charge >= 0.3 is 5.97 Å². The zero-order valence-electron chi connectivity index (χ0n) is 11.9. The highest BCUT2D eigenvalue weighted by molar-refractivity contribution is 6.30. The molecule has 2 rings (SSSR count). The Hall–Kier alpha value is -1.82. The molecule has 1 atom stereocenters. The van der Waals surface area contributed by atoms with Gasteiger partial charge in [0.1, 0.15) is 5.69 Å². The van der Waals surface area contributed by atoms with Crippen molar-refractivity contribution >= 4 is 28.9 Å². The van der Waals surface area contributed by atoms with Gasteiger partial charge in [0.25, 0.3) is 5.69 Å². The van der Waals surface area contributed by atoms with Gasteiger partial charge in [-0.3, -0.25) is 14.9 Å². The molecule has 1 unspecified atom stereocenters. The number of aliphatic carboxylic acids is 1. The Labute approximate surface area is 127 Å². The molecule has 0 amide bonds. The molecule has 1 saturated heterocycles. The van der Waals surface area contributed by atoms with Gasteiger partial charge in [0.2, 0.25) is 0 Å². The van der Waals surface area contributed by atoms with Crippen LogP contribution in [-0.4, -0.2) is 29.1 Å². The lowest BCUT2D eigenvalue weighted by Crippen LogP contribution is -2.39. The minimum absolute atomic E-state index is 0.0497. The molecule has 1 aliphatic rings. The molecule has 0 spiro atoms. The first-order valence-corrected chi connectivity index (χ1v) is 7.08. The molecule has 114 valence electrons. The second kappa shape index (κ2) is 5.52. The summed E-state index contributed by atoms with van der Waals surface area (Å²) >= 11 is 5.81. The van der Waals surface area contributed by atoms with E-state index in [9.17, 15) is 20.0 Å². The summed E-state index contributed by atoms with van der Waals surface area (Å²) in [5.74, 6) is -0.900. The Morgan fingerprint density at radius 3 is 2.67 bits per heavy atom. The number of halogens is 1. The minimum atomic E-state index is -0.868. The van der Waals surface area contributed by atoms with E-state index in [1.807, 2.05) is 13.8 Å². The molecule has 1 aliphatic heterocycles. The number of nitrogens with zero attached hydrogens (tertiary/aromatic N) is 2. The number of nitro groups is 1. The molecule has 21 heavy (non-hydrogen) atoms. The highest BCUT2D eigenvalue weighted by Crippen LogP contribution is 2.42. The Morgan fingerprint density at radius 2 is 2.19 bits per heavy atom. The molecular weight excluding hydrogens is 296 g/mol. The first kappa shape index (κ1) is 15.6. The fourth-order valence-electron chi connectivity index (χ4n) is 2.84. The van der Waals surface area contributed by atoms with Crippen molar-refractivity contribution in [3.8, 4) is 0 Å². The van der Waals surface area contributed by atoms with Crippen molar-refractivity contribution in [1.29, 1.82) is 0 Å². The van der Waals surface area contributed by atoms with Crippen molar-refractivity contribution in [2.24, 2.45) is 11.3 Å². The summed E-state index contributed by atoms with van der Waals surface area (Å²) in [6.45, 7) is 4.48. The number of carboxylic acids is 1. The standard InChI is InChI=1S/C14H17ClN2O4/c1-9(2)14(13(18)19)5-6-16(8-14)11-4-3-10(15)7-12(11)17(20)21/h3-4,7,9H,5-6,8H2,1-2H3,(H,18,19). The van der Waals surface area contributed by atoms with Crippen molar-refractivity contribution in [2.45, 2.75) is 20.3 Å². The van der Waals surface area contributed by atoms with Crippen LogP contribution < -0.4 is 4.90 Å². The van der Waals surface area contributed by atoms with E-state index < -0.39 is 16.3 Å². The van der Waals surface area contributed by atoms with Crippen LogP contribution in [0.4, 0.5) is 11.4 Å². The molecule has 1 aromatic carbocycles. The van der Waals surface area contributed by atoms with Gasteiger partial charge in [0, 0.05) is 24.2 Å². The predicted molar refractivity (Wildman–Crippen MR) is 79.8 cm³/mol. The van der Waals surface area contributed by atoms with Crippen molar-refractivity contribution in [3.63, 3.8) is 0 Å². The number of rotatable bonds is 4. The third-order valence-corrected chi connectivity index (χ3v) is 4.54. The summed E-state index contributed by atoms with van der Waals surface area (Å²) in [6.07, 6.45) is 0.472. The molecule has 1 aromatic rings. The summed E-state index contributed by atoms with van der Waals surface area (Å²) < 4.78 is 0. The Bertz CT molecular complexity index is 590. The second-order valence-electron chi connectivity index (χ2n) is 5.68. The summed E-state index contributed by atoms with van der Waals surface area (Å²) in [5, 5.41) is 21.0. The largest absolute Gasteiger partial charge is 0.481 e. The van der Waals surface area contributed by atoms with E-state index in [1.54, 1.807) is 17.0 Å². The van der Waals surface area contributed by atoms with Crippen LogP contribution in [0.15, 0.2) is 18.2 Å². The summed E-state index contributed by atoms with van der Waals surface area (Å²) in [6, 6.07) is 4.46. The molecular formula is C14H17ClN2O4. The van der Waals surface area contributed by atoms with Gasteiger partial charge in [-0.2, -0.15) is 0 Å². The zero-order chi connectivity index (χ0) is 15.8. The van der Waals surface area contributed by atoms with Crippen molar-refractivity contribution in [2.75, 3.05) is 18.0 Å². The SMILES string of the molecule is CC(C)C1(C(=O)O)CCN(c2ccc(Cl)cc2[N+](=O)[O-])C1. The van der Waals surface area contributed by atoms with E-state index in [4.69, 9.17) is 11.6 Å². The normalized spacial score (nSPS) is 21.8. The zero-order valence-corrected chi connectivity index (χ0v) is 12.6. The van der Waals surface area contributed by atoms with Gasteiger partial charge in [-0.1, -0.05) is 25.4 Å². The second-order valence-corrected chi connectivity index (χ2v) is 6.11. The summed E-state index contributed by atoms with van der Waals surface area (Å²) in [5.41, 5.74) is -0.534. The van der Waals surface area contributed by atoms with Gasteiger partial charge < -0.3 is 10.0 Å². The highest BCUT2D eigenvalue weighted by Gasteiger charge is 2.48. The van der Waals surface area contributed by atoms with Crippen molar-refractivity contribution < 1.29 is 14.8 Å². The predicted octanol–water partition coefficient (Wildman–Crippen LogP) is 3.19. The molecule has 7 heteroatoms. The number of carboxylic acid groups (broad SMARTS) is 1. The van der Waals surface area contributed by atoms with Crippen molar-refractivity contribution in [1.82, 2.24) is 0 Å². The van der Waals surface area contributed by atoms with Gasteiger partial charge in [-0.25, -0.2) is 0 Å².